The maximum absolute atomic E-state index is 12.3. The van der Waals surface area contributed by atoms with Crippen LogP contribution in [0.25, 0.3) is 5.69 Å². The Labute approximate surface area is 132 Å². The number of amides is 1. The van der Waals surface area contributed by atoms with E-state index >= 15 is 0 Å². The van der Waals surface area contributed by atoms with Crippen molar-refractivity contribution in [3.05, 3.63) is 30.1 Å². The molecule has 2 aromatic rings. The Kier molecular flexibility index (Phi) is 3.39. The van der Waals surface area contributed by atoms with E-state index in [1.165, 1.54) is 0 Å². The summed E-state index contributed by atoms with van der Waals surface area (Å²) in [6.07, 6.45) is 0. The standard InChI is InChI=1S/C15H17N5O3/c1-8-17-18-19-20(8)10-6-4-5-9(7-10)16-13(21)11-12(14(22)23)15(11,2)3/h4-7,11-12H,1-3H3,(H,16,21)(H,22,23)/t11-,12-/m0/s1. The molecule has 8 heteroatoms. The van der Waals surface area contributed by atoms with Gasteiger partial charge in [0.05, 0.1) is 17.5 Å². The third-order valence-corrected chi connectivity index (χ3v) is 4.36. The molecule has 1 aromatic carbocycles. The predicted octanol–water partition coefficient (Wildman–Crippen LogP) is 1.27. The highest BCUT2D eigenvalue weighted by molar-refractivity contribution is 5.99. The van der Waals surface area contributed by atoms with E-state index in [0.29, 0.717) is 11.5 Å². The van der Waals surface area contributed by atoms with E-state index in [2.05, 4.69) is 20.8 Å². The van der Waals surface area contributed by atoms with E-state index in [9.17, 15) is 9.59 Å². The van der Waals surface area contributed by atoms with Gasteiger partial charge in [0, 0.05) is 5.69 Å². The summed E-state index contributed by atoms with van der Waals surface area (Å²) < 4.78 is 1.55. The number of benzene rings is 1. The molecule has 23 heavy (non-hydrogen) atoms. The average molecular weight is 315 g/mol. The molecule has 0 saturated heterocycles. The van der Waals surface area contributed by atoms with Gasteiger partial charge in [-0.2, -0.15) is 4.68 Å². The van der Waals surface area contributed by atoms with Gasteiger partial charge < -0.3 is 10.4 Å². The van der Waals surface area contributed by atoms with Crippen LogP contribution >= 0.6 is 0 Å². The fourth-order valence-electron chi connectivity index (χ4n) is 2.99. The van der Waals surface area contributed by atoms with Crippen molar-refractivity contribution in [2.75, 3.05) is 5.32 Å². The molecule has 1 aliphatic rings. The summed E-state index contributed by atoms with van der Waals surface area (Å²) in [5.74, 6) is -1.77. The molecule has 1 amide bonds. The summed E-state index contributed by atoms with van der Waals surface area (Å²) in [5.41, 5.74) is 0.768. The summed E-state index contributed by atoms with van der Waals surface area (Å²) >= 11 is 0. The smallest absolute Gasteiger partial charge is 0.307 e. The number of aliphatic carboxylic acids is 1. The lowest BCUT2D eigenvalue weighted by Crippen LogP contribution is -2.18. The Bertz CT molecular complexity index is 783. The lowest BCUT2D eigenvalue weighted by molar-refractivity contribution is -0.140. The number of nitrogens with zero attached hydrogens (tertiary/aromatic N) is 4. The number of carbonyl (C=O) groups excluding carboxylic acids is 1. The number of carboxylic acid groups (broad SMARTS) is 1. The van der Waals surface area contributed by atoms with E-state index in [1.54, 1.807) is 43.7 Å². The second-order valence-electron chi connectivity index (χ2n) is 6.29. The van der Waals surface area contributed by atoms with Crippen LogP contribution in [0.1, 0.15) is 19.7 Å². The summed E-state index contributed by atoms with van der Waals surface area (Å²) in [4.78, 5) is 23.5. The number of anilines is 1. The van der Waals surface area contributed by atoms with Gasteiger partial charge in [0.2, 0.25) is 5.91 Å². The highest BCUT2D eigenvalue weighted by Gasteiger charge is 2.65. The zero-order valence-electron chi connectivity index (χ0n) is 13.0. The van der Waals surface area contributed by atoms with Crippen LogP contribution in [-0.4, -0.2) is 37.2 Å². The first-order valence-electron chi connectivity index (χ1n) is 7.21. The van der Waals surface area contributed by atoms with Gasteiger partial charge in [0.1, 0.15) is 0 Å². The van der Waals surface area contributed by atoms with E-state index in [-0.39, 0.29) is 5.91 Å². The number of aromatic nitrogens is 4. The molecular formula is C15H17N5O3. The van der Waals surface area contributed by atoms with E-state index in [4.69, 9.17) is 5.11 Å². The zero-order valence-corrected chi connectivity index (χ0v) is 13.0. The number of carbonyl (C=O) groups is 2. The molecule has 0 bridgehead atoms. The number of hydrogen-bond donors (Lipinski definition) is 2. The van der Waals surface area contributed by atoms with Gasteiger partial charge >= 0.3 is 5.97 Å². The van der Waals surface area contributed by atoms with Crippen molar-refractivity contribution in [3.63, 3.8) is 0 Å². The normalized spacial score (nSPS) is 21.7. The minimum Gasteiger partial charge on any atom is -0.481 e. The lowest BCUT2D eigenvalue weighted by atomic mass is 10.1. The van der Waals surface area contributed by atoms with Crippen molar-refractivity contribution in [2.45, 2.75) is 20.8 Å². The van der Waals surface area contributed by atoms with Gasteiger partial charge in [-0.1, -0.05) is 19.9 Å². The molecule has 3 rings (SSSR count). The Morgan fingerprint density at radius 3 is 2.61 bits per heavy atom. The Hall–Kier alpha value is -2.77. The van der Waals surface area contributed by atoms with Gasteiger partial charge in [-0.05, 0) is 41.0 Å². The molecule has 120 valence electrons. The molecule has 2 N–H and O–H groups in total. The molecule has 1 aliphatic carbocycles. The minimum absolute atomic E-state index is 0.284. The van der Waals surface area contributed by atoms with Crippen molar-refractivity contribution in [2.24, 2.45) is 17.3 Å². The SMILES string of the molecule is Cc1nnnn1-c1cccc(NC(=O)[C@@H]2[C@@H](C(=O)O)C2(C)C)c1. The van der Waals surface area contributed by atoms with Crippen LogP contribution in [0.3, 0.4) is 0 Å². The van der Waals surface area contributed by atoms with E-state index < -0.39 is 23.2 Å². The molecule has 0 radical (unpaired) electrons. The third-order valence-electron chi connectivity index (χ3n) is 4.36. The molecule has 0 spiro atoms. The van der Waals surface area contributed by atoms with Crippen LogP contribution in [-0.2, 0) is 9.59 Å². The summed E-state index contributed by atoms with van der Waals surface area (Å²) in [6.45, 7) is 5.35. The fraction of sp³-hybridized carbons (Fsp3) is 0.400. The number of nitrogens with one attached hydrogen (secondary N) is 1. The molecule has 1 saturated carbocycles. The highest BCUT2D eigenvalue weighted by atomic mass is 16.4. The van der Waals surface area contributed by atoms with Gasteiger partial charge in [-0.15, -0.1) is 5.10 Å². The average Bonchev–Trinajstić information content (AvgIpc) is 2.83. The first-order valence-corrected chi connectivity index (χ1v) is 7.21. The summed E-state index contributed by atoms with van der Waals surface area (Å²) in [5, 5.41) is 23.2. The van der Waals surface area contributed by atoms with Gasteiger partial charge in [0.15, 0.2) is 5.82 Å². The van der Waals surface area contributed by atoms with Gasteiger partial charge in [-0.3, -0.25) is 9.59 Å². The first-order chi connectivity index (χ1) is 10.8. The third kappa shape index (κ3) is 2.56. The van der Waals surface area contributed by atoms with E-state index in [1.807, 2.05) is 6.07 Å². The highest BCUT2D eigenvalue weighted by Crippen LogP contribution is 2.58. The number of aryl methyl sites for hydroxylation is 1. The maximum Gasteiger partial charge on any atom is 0.307 e. The minimum atomic E-state index is -0.937. The fourth-order valence-corrected chi connectivity index (χ4v) is 2.99. The van der Waals surface area contributed by atoms with Gasteiger partial charge in [0.25, 0.3) is 0 Å². The first kappa shape index (κ1) is 15.1. The molecule has 0 unspecified atom stereocenters. The molecule has 2 atom stereocenters. The lowest BCUT2D eigenvalue weighted by Gasteiger charge is -2.08. The van der Waals surface area contributed by atoms with E-state index in [0.717, 1.165) is 5.69 Å². The molecular weight excluding hydrogens is 298 g/mol. The van der Waals surface area contributed by atoms with Crippen LogP contribution < -0.4 is 5.32 Å². The number of hydrogen-bond acceptors (Lipinski definition) is 5. The van der Waals surface area contributed by atoms with Crippen LogP contribution in [0, 0.1) is 24.2 Å². The van der Waals surface area contributed by atoms with Gasteiger partial charge in [-0.25, -0.2) is 0 Å². The molecule has 0 aliphatic heterocycles. The Morgan fingerprint density at radius 1 is 1.30 bits per heavy atom. The summed E-state index contributed by atoms with van der Waals surface area (Å²) in [7, 11) is 0. The second kappa shape index (κ2) is 5.15. The van der Waals surface area contributed by atoms with Crippen molar-refractivity contribution in [1.29, 1.82) is 0 Å². The zero-order chi connectivity index (χ0) is 16.8. The molecule has 8 nitrogen and oxygen atoms in total. The Morgan fingerprint density at radius 2 is 2.04 bits per heavy atom. The number of carboxylic acids is 1. The van der Waals surface area contributed by atoms with Crippen LogP contribution in [0.5, 0.6) is 0 Å². The van der Waals surface area contributed by atoms with Crippen molar-refractivity contribution < 1.29 is 14.7 Å². The quantitative estimate of drug-likeness (QED) is 0.879. The predicted molar refractivity (Wildman–Crippen MR) is 80.9 cm³/mol. The van der Waals surface area contributed by atoms with Crippen LogP contribution in [0.2, 0.25) is 0 Å². The largest absolute Gasteiger partial charge is 0.481 e. The van der Waals surface area contributed by atoms with Crippen LogP contribution in [0.15, 0.2) is 24.3 Å². The maximum atomic E-state index is 12.3. The topological polar surface area (TPSA) is 110 Å². The van der Waals surface area contributed by atoms with Crippen molar-refractivity contribution in [3.8, 4) is 5.69 Å². The van der Waals surface area contributed by atoms with Crippen molar-refractivity contribution >= 4 is 17.6 Å². The molecule has 1 heterocycles. The molecule has 1 fully saturated rings. The monoisotopic (exact) mass is 315 g/mol. The van der Waals surface area contributed by atoms with Crippen LogP contribution in [0.4, 0.5) is 5.69 Å². The molecule has 1 aromatic heterocycles. The number of tetrazole rings is 1. The summed E-state index contributed by atoms with van der Waals surface area (Å²) in [6, 6.07) is 7.08. The number of rotatable bonds is 4. The van der Waals surface area contributed by atoms with Crippen molar-refractivity contribution in [1.82, 2.24) is 20.2 Å². The Balaban J connectivity index is 1.78. The second-order valence-corrected chi connectivity index (χ2v) is 6.29.